The molecular formula is C19H22F2N2O3. The number of aliphatic hydroxyl groups is 1. The summed E-state index contributed by atoms with van der Waals surface area (Å²) in [7, 11) is 0. The topological polar surface area (TPSA) is 81.6 Å². The Balaban J connectivity index is 1.97. The van der Waals surface area contributed by atoms with Crippen LogP contribution < -0.4 is 10.6 Å². The van der Waals surface area contributed by atoms with Crippen molar-refractivity contribution < 1.29 is 23.8 Å². The van der Waals surface area contributed by atoms with Crippen molar-refractivity contribution in [3.8, 4) is 0 Å². The number of aliphatic hydroxyl groups excluding tert-OH is 1. The number of nitrogens with one attached hydrogen (secondary N) is 2. The van der Waals surface area contributed by atoms with Gasteiger partial charge in [-0.05, 0) is 36.6 Å². The fourth-order valence-electron chi connectivity index (χ4n) is 2.75. The first-order valence-electron chi connectivity index (χ1n) is 8.22. The van der Waals surface area contributed by atoms with Crippen LogP contribution in [0.25, 0.3) is 0 Å². The second-order valence-corrected chi connectivity index (χ2v) is 6.23. The number of halogens is 2. The number of benzene rings is 2. The van der Waals surface area contributed by atoms with E-state index < -0.39 is 29.9 Å². The van der Waals surface area contributed by atoms with Gasteiger partial charge in [0.15, 0.2) is 0 Å². The van der Waals surface area contributed by atoms with E-state index in [1.54, 1.807) is 0 Å². The lowest BCUT2D eigenvalue weighted by Gasteiger charge is -2.23. The molecule has 4 N–H and O–H groups in total. The zero-order valence-corrected chi connectivity index (χ0v) is 14.4. The van der Waals surface area contributed by atoms with Crippen LogP contribution in [-0.2, 0) is 13.0 Å². The molecule has 0 aliphatic carbocycles. The van der Waals surface area contributed by atoms with Crippen LogP contribution in [0.3, 0.4) is 0 Å². The maximum atomic E-state index is 13.3. The summed E-state index contributed by atoms with van der Waals surface area (Å²) in [5, 5.41) is 24.5. The van der Waals surface area contributed by atoms with Crippen molar-refractivity contribution in [1.29, 1.82) is 0 Å². The summed E-state index contributed by atoms with van der Waals surface area (Å²) in [6, 6.07) is 9.91. The third-order valence-electron chi connectivity index (χ3n) is 3.92. The van der Waals surface area contributed by atoms with Crippen molar-refractivity contribution >= 4 is 6.09 Å². The molecular weight excluding hydrogens is 342 g/mol. The Morgan fingerprint density at radius 3 is 2.42 bits per heavy atom. The van der Waals surface area contributed by atoms with Gasteiger partial charge in [0, 0.05) is 19.2 Å². The van der Waals surface area contributed by atoms with Gasteiger partial charge >= 0.3 is 6.09 Å². The second kappa shape index (κ2) is 9.26. The highest BCUT2D eigenvalue weighted by Gasteiger charge is 2.22. The quantitative estimate of drug-likeness (QED) is 0.580. The smallest absolute Gasteiger partial charge is 0.404 e. The molecule has 7 heteroatoms. The van der Waals surface area contributed by atoms with Crippen molar-refractivity contribution in [1.82, 2.24) is 10.6 Å². The lowest BCUT2D eigenvalue weighted by molar-refractivity contribution is 0.117. The molecule has 2 atom stereocenters. The van der Waals surface area contributed by atoms with Crippen molar-refractivity contribution in [3.05, 3.63) is 70.8 Å². The van der Waals surface area contributed by atoms with E-state index in [4.69, 9.17) is 5.11 Å². The molecule has 5 nitrogen and oxygen atoms in total. The van der Waals surface area contributed by atoms with E-state index in [0.29, 0.717) is 6.54 Å². The number of aryl methyl sites for hydroxylation is 1. The molecule has 26 heavy (non-hydrogen) atoms. The molecule has 0 aliphatic heterocycles. The van der Waals surface area contributed by atoms with Crippen molar-refractivity contribution in [2.45, 2.75) is 32.0 Å². The van der Waals surface area contributed by atoms with E-state index in [0.717, 1.165) is 29.3 Å². The van der Waals surface area contributed by atoms with E-state index in [1.165, 1.54) is 0 Å². The Morgan fingerprint density at radius 2 is 1.81 bits per heavy atom. The van der Waals surface area contributed by atoms with Gasteiger partial charge in [-0.25, -0.2) is 13.6 Å². The maximum Gasteiger partial charge on any atom is 0.404 e. The Morgan fingerprint density at radius 1 is 1.12 bits per heavy atom. The molecule has 2 aromatic rings. The summed E-state index contributed by atoms with van der Waals surface area (Å²) in [5.41, 5.74) is 2.41. The number of carbonyl (C=O) groups is 1. The van der Waals surface area contributed by atoms with Gasteiger partial charge in [0.25, 0.3) is 0 Å². The van der Waals surface area contributed by atoms with Crippen LogP contribution >= 0.6 is 0 Å². The zero-order chi connectivity index (χ0) is 19.1. The zero-order valence-electron chi connectivity index (χ0n) is 14.4. The van der Waals surface area contributed by atoms with E-state index in [9.17, 15) is 18.7 Å². The summed E-state index contributed by atoms with van der Waals surface area (Å²) < 4.78 is 26.6. The Bertz CT molecular complexity index is 735. The monoisotopic (exact) mass is 364 g/mol. The summed E-state index contributed by atoms with van der Waals surface area (Å²) in [6.45, 7) is 2.60. The van der Waals surface area contributed by atoms with Crippen LogP contribution in [0.2, 0.25) is 0 Å². The predicted molar refractivity (Wildman–Crippen MR) is 93.9 cm³/mol. The summed E-state index contributed by atoms with van der Waals surface area (Å²) >= 11 is 0. The third-order valence-corrected chi connectivity index (χ3v) is 3.92. The molecule has 0 aliphatic rings. The van der Waals surface area contributed by atoms with Gasteiger partial charge in [0.1, 0.15) is 11.6 Å². The second-order valence-electron chi connectivity index (χ2n) is 6.23. The lowest BCUT2D eigenvalue weighted by atomic mass is 10.0. The van der Waals surface area contributed by atoms with Gasteiger partial charge in [0.05, 0.1) is 12.1 Å². The van der Waals surface area contributed by atoms with Gasteiger partial charge in [-0.2, -0.15) is 0 Å². The van der Waals surface area contributed by atoms with Crippen LogP contribution in [0.4, 0.5) is 13.6 Å². The fourth-order valence-corrected chi connectivity index (χ4v) is 2.75. The number of rotatable bonds is 8. The van der Waals surface area contributed by atoms with Crippen molar-refractivity contribution in [2.75, 3.05) is 6.54 Å². The molecule has 0 radical (unpaired) electrons. The Kier molecular flexibility index (Phi) is 7.06. The molecule has 0 spiro atoms. The first kappa shape index (κ1) is 19.8. The van der Waals surface area contributed by atoms with Gasteiger partial charge in [0.2, 0.25) is 0 Å². The summed E-state index contributed by atoms with van der Waals surface area (Å²) in [4.78, 5) is 11.0. The largest absolute Gasteiger partial charge is 0.465 e. The van der Waals surface area contributed by atoms with E-state index >= 15 is 0 Å². The predicted octanol–water partition coefficient (Wildman–Crippen LogP) is 2.60. The average Bonchev–Trinajstić information content (AvgIpc) is 2.53. The van der Waals surface area contributed by atoms with Gasteiger partial charge in [-0.15, -0.1) is 0 Å². The molecule has 0 saturated heterocycles. The highest BCUT2D eigenvalue weighted by molar-refractivity contribution is 5.65. The maximum absolute atomic E-state index is 13.3. The van der Waals surface area contributed by atoms with Gasteiger partial charge in [-0.1, -0.05) is 29.8 Å². The molecule has 2 rings (SSSR count). The molecule has 2 aromatic carbocycles. The lowest BCUT2D eigenvalue weighted by Crippen LogP contribution is -2.48. The fraction of sp³-hybridized carbons (Fsp3) is 0.316. The number of hydrogen-bond donors (Lipinski definition) is 4. The molecule has 0 fully saturated rings. The van der Waals surface area contributed by atoms with E-state index in [-0.39, 0.29) is 18.5 Å². The summed E-state index contributed by atoms with van der Waals surface area (Å²) in [6.07, 6.45) is -2.42. The molecule has 0 unspecified atom stereocenters. The third kappa shape index (κ3) is 6.42. The van der Waals surface area contributed by atoms with Crippen molar-refractivity contribution in [3.63, 3.8) is 0 Å². The van der Waals surface area contributed by atoms with E-state index in [2.05, 4.69) is 10.6 Å². The molecule has 0 saturated carbocycles. The van der Waals surface area contributed by atoms with Crippen LogP contribution in [0.5, 0.6) is 0 Å². The molecule has 0 aromatic heterocycles. The molecule has 1 amide bonds. The first-order chi connectivity index (χ1) is 12.3. The normalized spacial score (nSPS) is 13.2. The van der Waals surface area contributed by atoms with Crippen LogP contribution in [0.1, 0.15) is 16.7 Å². The average molecular weight is 364 g/mol. The highest BCUT2D eigenvalue weighted by atomic mass is 19.1. The number of hydrogen-bond acceptors (Lipinski definition) is 3. The SMILES string of the molecule is Cc1cccc(CNC[C@@H](O)[C@H](Cc2cc(F)cc(F)c2)NC(=O)O)c1. The van der Waals surface area contributed by atoms with Crippen molar-refractivity contribution in [2.24, 2.45) is 0 Å². The molecule has 140 valence electrons. The minimum absolute atomic E-state index is 0.0335. The first-order valence-corrected chi connectivity index (χ1v) is 8.22. The Labute approximate surface area is 150 Å². The minimum atomic E-state index is -1.32. The number of carboxylic acid groups (broad SMARTS) is 1. The molecule has 0 bridgehead atoms. The van der Waals surface area contributed by atoms with E-state index in [1.807, 2.05) is 31.2 Å². The van der Waals surface area contributed by atoms with Gasteiger partial charge < -0.3 is 20.8 Å². The van der Waals surface area contributed by atoms with Crippen LogP contribution in [0.15, 0.2) is 42.5 Å². The minimum Gasteiger partial charge on any atom is -0.465 e. The molecule has 0 heterocycles. The van der Waals surface area contributed by atoms with Crippen LogP contribution in [0, 0.1) is 18.6 Å². The summed E-state index contributed by atoms with van der Waals surface area (Å²) in [5.74, 6) is -1.50. The number of amides is 1. The highest BCUT2D eigenvalue weighted by Crippen LogP contribution is 2.12. The van der Waals surface area contributed by atoms with Crippen LogP contribution in [-0.4, -0.2) is 35.0 Å². The van der Waals surface area contributed by atoms with Gasteiger partial charge in [-0.3, -0.25) is 0 Å². The Hall–Kier alpha value is -2.51. The standard InChI is InChI=1S/C19H22F2N2O3/c1-12-3-2-4-13(5-12)10-22-11-18(24)17(23-19(25)26)8-14-6-15(20)9-16(21)7-14/h2-7,9,17-18,22-24H,8,10-11H2,1H3,(H,25,26)/t17-,18+/m0/s1.